The van der Waals surface area contributed by atoms with E-state index in [-0.39, 0.29) is 11.3 Å². The Morgan fingerprint density at radius 3 is 2.27 bits per heavy atom. The number of amides is 1. The monoisotopic (exact) mass is 483 g/mol. The lowest BCUT2D eigenvalue weighted by Gasteiger charge is -2.25. The molecule has 0 bridgehead atoms. The maximum absolute atomic E-state index is 13.6. The minimum absolute atomic E-state index is 0.0597. The minimum Gasteiger partial charge on any atom is -0.372 e. The zero-order valence-electron chi connectivity index (χ0n) is 19.9. The molecular formula is C27H31Cl2N3O. The van der Waals surface area contributed by atoms with Gasteiger partial charge in [-0.15, -0.1) is 0 Å². The van der Waals surface area contributed by atoms with Crippen LogP contribution in [0, 0.1) is 6.92 Å². The van der Waals surface area contributed by atoms with Crippen molar-refractivity contribution in [2.45, 2.75) is 46.1 Å². The summed E-state index contributed by atoms with van der Waals surface area (Å²) in [5.41, 5.74) is 4.96. The average Bonchev–Trinajstić information content (AvgIpc) is 2.78. The first kappa shape index (κ1) is 25.1. The van der Waals surface area contributed by atoms with Crippen LogP contribution in [0.5, 0.6) is 0 Å². The third-order valence-electron chi connectivity index (χ3n) is 5.63. The molecule has 0 aliphatic rings. The van der Waals surface area contributed by atoms with Crippen molar-refractivity contribution >= 4 is 34.9 Å². The van der Waals surface area contributed by atoms with Crippen molar-refractivity contribution in [1.82, 2.24) is 9.88 Å². The Morgan fingerprint density at radius 1 is 1.00 bits per heavy atom. The van der Waals surface area contributed by atoms with Crippen molar-refractivity contribution in [3.05, 3.63) is 92.6 Å². The number of anilines is 1. The Bertz CT molecular complexity index is 1120. The predicted octanol–water partition coefficient (Wildman–Crippen LogP) is 6.92. The van der Waals surface area contributed by atoms with Gasteiger partial charge in [-0.05, 0) is 59.2 Å². The molecule has 1 heterocycles. The van der Waals surface area contributed by atoms with E-state index in [1.165, 1.54) is 5.56 Å². The number of halogens is 2. The van der Waals surface area contributed by atoms with E-state index < -0.39 is 0 Å². The molecule has 1 aromatic heterocycles. The van der Waals surface area contributed by atoms with Gasteiger partial charge in [0.15, 0.2) is 0 Å². The zero-order chi connectivity index (χ0) is 24.2. The summed E-state index contributed by atoms with van der Waals surface area (Å²) in [7, 11) is 1.78. The van der Waals surface area contributed by atoms with E-state index in [9.17, 15) is 4.79 Å². The van der Waals surface area contributed by atoms with Crippen molar-refractivity contribution in [3.63, 3.8) is 0 Å². The number of nitrogens with one attached hydrogen (secondary N) is 1. The molecule has 2 aromatic carbocycles. The summed E-state index contributed by atoms with van der Waals surface area (Å²) in [5, 5.41) is 4.09. The standard InChI is InChI=1S/C27H31Cl2N3O/c1-18-14-22(25(30-5)31-16-18)26(33)32(13-12-19-8-11-23(28)24(29)15-19)17-20-6-9-21(10-7-20)27(2,3)4/h6-11,14-16H,12-13,17H2,1-5H3,(H,30,31). The number of carbonyl (C=O) groups excluding carboxylic acids is 1. The van der Waals surface area contributed by atoms with Crippen molar-refractivity contribution < 1.29 is 4.79 Å². The first-order chi connectivity index (χ1) is 15.6. The minimum atomic E-state index is -0.0597. The van der Waals surface area contributed by atoms with Gasteiger partial charge in [-0.25, -0.2) is 4.98 Å². The van der Waals surface area contributed by atoms with Gasteiger partial charge in [-0.3, -0.25) is 4.79 Å². The number of pyridine rings is 1. The van der Waals surface area contributed by atoms with E-state index >= 15 is 0 Å². The Kier molecular flexibility index (Phi) is 8.04. The normalized spacial score (nSPS) is 11.4. The molecule has 0 saturated carbocycles. The second-order valence-electron chi connectivity index (χ2n) is 9.33. The van der Waals surface area contributed by atoms with Crippen molar-refractivity contribution in [2.24, 2.45) is 0 Å². The number of rotatable bonds is 7. The van der Waals surface area contributed by atoms with Gasteiger partial charge in [-0.2, -0.15) is 0 Å². The number of aromatic nitrogens is 1. The zero-order valence-corrected chi connectivity index (χ0v) is 21.4. The van der Waals surface area contributed by atoms with Crippen molar-refractivity contribution in [3.8, 4) is 0 Å². The largest absolute Gasteiger partial charge is 0.372 e. The summed E-state index contributed by atoms with van der Waals surface area (Å²) in [6.07, 6.45) is 2.42. The van der Waals surface area contributed by atoms with Gasteiger partial charge in [0.25, 0.3) is 5.91 Å². The maximum atomic E-state index is 13.6. The SMILES string of the molecule is CNc1ncc(C)cc1C(=O)N(CCc1ccc(Cl)c(Cl)c1)Cc1ccc(C(C)(C)C)cc1. The number of hydrogen-bond acceptors (Lipinski definition) is 3. The smallest absolute Gasteiger partial charge is 0.257 e. The molecule has 0 aliphatic carbocycles. The van der Waals surface area contributed by atoms with Crippen LogP contribution in [0.25, 0.3) is 0 Å². The Morgan fingerprint density at radius 2 is 1.67 bits per heavy atom. The third-order valence-corrected chi connectivity index (χ3v) is 6.37. The third kappa shape index (κ3) is 6.49. The van der Waals surface area contributed by atoms with Crippen LogP contribution in [0.3, 0.4) is 0 Å². The molecule has 3 rings (SSSR count). The molecule has 174 valence electrons. The van der Waals surface area contributed by atoms with Gasteiger partial charge < -0.3 is 10.2 Å². The van der Waals surface area contributed by atoms with Crippen molar-refractivity contribution in [2.75, 3.05) is 18.9 Å². The van der Waals surface area contributed by atoms with Gasteiger partial charge >= 0.3 is 0 Å². The highest BCUT2D eigenvalue weighted by Gasteiger charge is 2.21. The molecule has 3 aromatic rings. The van der Waals surface area contributed by atoms with Crippen LogP contribution in [0.1, 0.15) is 53.4 Å². The molecule has 1 N–H and O–H groups in total. The summed E-state index contributed by atoms with van der Waals surface area (Å²) in [6.45, 7) is 9.56. The predicted molar refractivity (Wildman–Crippen MR) is 139 cm³/mol. The summed E-state index contributed by atoms with van der Waals surface area (Å²) in [6, 6.07) is 16.0. The summed E-state index contributed by atoms with van der Waals surface area (Å²) >= 11 is 12.3. The van der Waals surface area contributed by atoms with E-state index in [0.717, 1.165) is 16.7 Å². The molecule has 33 heavy (non-hydrogen) atoms. The van der Waals surface area contributed by atoms with E-state index in [0.29, 0.717) is 40.9 Å². The molecule has 0 spiro atoms. The summed E-state index contributed by atoms with van der Waals surface area (Å²) in [4.78, 5) is 19.9. The van der Waals surface area contributed by atoms with Gasteiger partial charge in [0.1, 0.15) is 5.82 Å². The van der Waals surface area contributed by atoms with Crippen LogP contribution >= 0.6 is 23.2 Å². The molecule has 1 amide bonds. The Labute approximate surface area is 206 Å². The molecular weight excluding hydrogens is 453 g/mol. The number of nitrogens with zero attached hydrogens (tertiary/aromatic N) is 2. The Hall–Kier alpha value is -2.56. The molecule has 0 unspecified atom stereocenters. The van der Waals surface area contributed by atoms with Gasteiger partial charge in [0, 0.05) is 26.3 Å². The highest BCUT2D eigenvalue weighted by atomic mass is 35.5. The molecule has 0 atom stereocenters. The first-order valence-electron chi connectivity index (χ1n) is 11.1. The molecule has 0 fully saturated rings. The highest BCUT2D eigenvalue weighted by molar-refractivity contribution is 6.42. The van der Waals surface area contributed by atoms with Crippen LogP contribution in [0.4, 0.5) is 5.82 Å². The number of benzene rings is 2. The lowest BCUT2D eigenvalue weighted by Crippen LogP contribution is -2.33. The summed E-state index contributed by atoms with van der Waals surface area (Å²) in [5.74, 6) is 0.517. The highest BCUT2D eigenvalue weighted by Crippen LogP contribution is 2.25. The molecule has 6 heteroatoms. The van der Waals surface area contributed by atoms with E-state index in [1.54, 1.807) is 19.3 Å². The fraction of sp³-hybridized carbons (Fsp3) is 0.333. The van der Waals surface area contributed by atoms with Crippen LogP contribution in [-0.4, -0.2) is 29.4 Å². The van der Waals surface area contributed by atoms with Gasteiger partial charge in [0.05, 0.1) is 15.6 Å². The van der Waals surface area contributed by atoms with E-state index in [1.807, 2.05) is 30.0 Å². The van der Waals surface area contributed by atoms with Crippen LogP contribution in [0.15, 0.2) is 54.7 Å². The van der Waals surface area contributed by atoms with Crippen LogP contribution < -0.4 is 5.32 Å². The number of hydrogen-bond donors (Lipinski definition) is 1. The Balaban J connectivity index is 1.89. The average molecular weight is 484 g/mol. The number of carbonyl (C=O) groups is 1. The van der Waals surface area contributed by atoms with E-state index in [2.05, 4.69) is 55.3 Å². The topological polar surface area (TPSA) is 45.2 Å². The van der Waals surface area contributed by atoms with Crippen LogP contribution in [-0.2, 0) is 18.4 Å². The second kappa shape index (κ2) is 10.6. The lowest BCUT2D eigenvalue weighted by molar-refractivity contribution is 0.0745. The second-order valence-corrected chi connectivity index (χ2v) is 10.1. The molecule has 4 nitrogen and oxygen atoms in total. The molecule has 0 saturated heterocycles. The summed E-state index contributed by atoms with van der Waals surface area (Å²) < 4.78 is 0. The van der Waals surface area contributed by atoms with E-state index in [4.69, 9.17) is 23.2 Å². The fourth-order valence-corrected chi connectivity index (χ4v) is 3.96. The van der Waals surface area contributed by atoms with Crippen molar-refractivity contribution in [1.29, 1.82) is 0 Å². The molecule has 0 aliphatic heterocycles. The maximum Gasteiger partial charge on any atom is 0.257 e. The van der Waals surface area contributed by atoms with Gasteiger partial charge in [-0.1, -0.05) is 74.3 Å². The van der Waals surface area contributed by atoms with Gasteiger partial charge in [0.2, 0.25) is 0 Å². The quantitative estimate of drug-likeness (QED) is 0.396. The van der Waals surface area contributed by atoms with Crippen LogP contribution in [0.2, 0.25) is 10.0 Å². The lowest BCUT2D eigenvalue weighted by atomic mass is 9.87. The number of aryl methyl sites for hydroxylation is 1. The molecule has 0 radical (unpaired) electrons. The fourth-order valence-electron chi connectivity index (χ4n) is 3.64. The first-order valence-corrected chi connectivity index (χ1v) is 11.8.